The maximum absolute atomic E-state index is 12.7. The average molecular weight is 340 g/mol. The van der Waals surface area contributed by atoms with E-state index in [2.05, 4.69) is 0 Å². The first-order chi connectivity index (χ1) is 11.6. The molecule has 1 unspecified atom stereocenters. The smallest absolute Gasteiger partial charge is 0.230 e. The van der Waals surface area contributed by atoms with E-state index in [9.17, 15) is 9.90 Å². The fraction of sp³-hybridized carbons (Fsp3) is 0.105. The summed E-state index contributed by atoms with van der Waals surface area (Å²) in [6, 6.07) is 17.9. The van der Waals surface area contributed by atoms with Gasteiger partial charge in [-0.2, -0.15) is 0 Å². The Morgan fingerprint density at radius 2 is 1.75 bits per heavy atom. The number of β-amino-alcohol motifs (C(OH)–C–C–N with tert-alkyl or cyclic N) is 1. The molecule has 4 rings (SSSR count). The van der Waals surface area contributed by atoms with E-state index in [1.165, 1.54) is 6.26 Å². The summed E-state index contributed by atoms with van der Waals surface area (Å²) < 4.78 is 5.23. The van der Waals surface area contributed by atoms with E-state index in [1.54, 1.807) is 30.3 Å². The van der Waals surface area contributed by atoms with Crippen molar-refractivity contribution in [2.75, 3.05) is 11.4 Å². The van der Waals surface area contributed by atoms with Gasteiger partial charge in [-0.25, -0.2) is 0 Å². The second kappa shape index (κ2) is 5.51. The van der Waals surface area contributed by atoms with Gasteiger partial charge in [0.15, 0.2) is 10.8 Å². The molecular formula is C19H14ClNO3. The first kappa shape index (κ1) is 15.0. The zero-order valence-electron chi connectivity index (χ0n) is 12.6. The van der Waals surface area contributed by atoms with Gasteiger partial charge in [0.05, 0.1) is 18.5 Å². The number of para-hydroxylation sites is 2. The van der Waals surface area contributed by atoms with Crippen LogP contribution in [0.3, 0.4) is 0 Å². The van der Waals surface area contributed by atoms with Crippen LogP contribution in [0.15, 0.2) is 71.3 Å². The van der Waals surface area contributed by atoms with Crippen molar-refractivity contribution in [1.82, 2.24) is 0 Å². The third-order valence-electron chi connectivity index (χ3n) is 4.16. The number of anilines is 2. The number of ketones is 1. The van der Waals surface area contributed by atoms with Gasteiger partial charge in [-0.3, -0.25) is 4.79 Å². The van der Waals surface area contributed by atoms with Crippen molar-refractivity contribution in [1.29, 1.82) is 0 Å². The SMILES string of the molecule is O=C(c1ccco1)c1ccccc1N1CC(O)(Cl)c2ccccc21. The molecule has 3 aromatic rings. The number of benzene rings is 2. The predicted octanol–water partition coefficient (Wildman–Crippen LogP) is 4.05. The molecule has 0 saturated carbocycles. The lowest BCUT2D eigenvalue weighted by Crippen LogP contribution is -2.26. The molecule has 0 saturated heterocycles. The Morgan fingerprint density at radius 1 is 1.04 bits per heavy atom. The topological polar surface area (TPSA) is 53.7 Å². The van der Waals surface area contributed by atoms with Gasteiger partial charge in [0.2, 0.25) is 5.78 Å². The number of carbonyl (C=O) groups excluding carboxylic acids is 1. The molecule has 1 atom stereocenters. The molecule has 1 aliphatic rings. The lowest BCUT2D eigenvalue weighted by Gasteiger charge is -2.23. The fourth-order valence-electron chi connectivity index (χ4n) is 3.07. The first-order valence-corrected chi connectivity index (χ1v) is 7.91. The molecule has 0 amide bonds. The molecule has 1 aromatic heterocycles. The van der Waals surface area contributed by atoms with Gasteiger partial charge in [0.25, 0.3) is 0 Å². The third-order valence-corrected chi connectivity index (χ3v) is 4.48. The van der Waals surface area contributed by atoms with E-state index in [4.69, 9.17) is 16.0 Å². The van der Waals surface area contributed by atoms with Crippen LogP contribution in [0.2, 0.25) is 0 Å². The summed E-state index contributed by atoms with van der Waals surface area (Å²) in [7, 11) is 0. The van der Waals surface area contributed by atoms with Crippen molar-refractivity contribution in [2.45, 2.75) is 5.06 Å². The van der Waals surface area contributed by atoms with Gasteiger partial charge in [0, 0.05) is 16.8 Å². The molecule has 2 heterocycles. The number of fused-ring (bicyclic) bond motifs is 1. The van der Waals surface area contributed by atoms with Crippen LogP contribution in [0.25, 0.3) is 0 Å². The van der Waals surface area contributed by atoms with E-state index in [0.29, 0.717) is 16.8 Å². The maximum atomic E-state index is 12.7. The van der Waals surface area contributed by atoms with Crippen LogP contribution < -0.4 is 4.90 Å². The van der Waals surface area contributed by atoms with Crippen molar-refractivity contribution in [3.63, 3.8) is 0 Å². The van der Waals surface area contributed by atoms with E-state index in [-0.39, 0.29) is 18.1 Å². The van der Waals surface area contributed by atoms with Gasteiger partial charge in [-0.05, 0) is 30.3 Å². The largest absolute Gasteiger partial charge is 0.461 e. The standard InChI is InChI=1S/C19H14ClNO3/c20-19(23)12-21(16-9-4-2-7-14(16)19)15-8-3-1-6-13(15)18(22)17-10-5-11-24-17/h1-11,23H,12H2. The number of hydrogen-bond donors (Lipinski definition) is 1. The number of alkyl halides is 1. The zero-order valence-corrected chi connectivity index (χ0v) is 13.4. The Morgan fingerprint density at radius 3 is 2.50 bits per heavy atom. The number of furan rings is 1. The monoisotopic (exact) mass is 339 g/mol. The normalized spacial score (nSPS) is 19.3. The van der Waals surface area contributed by atoms with Crippen LogP contribution in [0.4, 0.5) is 11.4 Å². The number of carbonyl (C=O) groups is 1. The molecule has 0 radical (unpaired) electrons. The third kappa shape index (κ3) is 2.31. The molecule has 24 heavy (non-hydrogen) atoms. The van der Waals surface area contributed by atoms with Crippen molar-refractivity contribution in [3.05, 3.63) is 83.8 Å². The molecule has 0 spiro atoms. The Kier molecular flexibility index (Phi) is 3.44. The number of halogens is 1. The first-order valence-electron chi connectivity index (χ1n) is 7.53. The van der Waals surface area contributed by atoms with Crippen LogP contribution in [0, 0.1) is 0 Å². The van der Waals surface area contributed by atoms with Crippen molar-refractivity contribution in [2.24, 2.45) is 0 Å². The predicted molar refractivity (Wildman–Crippen MR) is 91.8 cm³/mol. The van der Waals surface area contributed by atoms with Gasteiger partial charge >= 0.3 is 0 Å². The summed E-state index contributed by atoms with van der Waals surface area (Å²) in [4.78, 5) is 14.6. The quantitative estimate of drug-likeness (QED) is 0.578. The number of hydrogen-bond acceptors (Lipinski definition) is 4. The highest BCUT2D eigenvalue weighted by Crippen LogP contribution is 2.46. The summed E-state index contributed by atoms with van der Waals surface area (Å²) >= 11 is 6.28. The van der Waals surface area contributed by atoms with Crippen LogP contribution in [0.1, 0.15) is 21.7 Å². The minimum absolute atomic E-state index is 0.163. The molecule has 0 fully saturated rings. The van der Waals surface area contributed by atoms with Crippen LogP contribution in [0.5, 0.6) is 0 Å². The summed E-state index contributed by atoms with van der Waals surface area (Å²) in [5.41, 5.74) is 2.60. The summed E-state index contributed by atoms with van der Waals surface area (Å²) in [6.07, 6.45) is 1.47. The van der Waals surface area contributed by atoms with E-state index in [0.717, 1.165) is 5.69 Å². The van der Waals surface area contributed by atoms with Crippen molar-refractivity contribution < 1.29 is 14.3 Å². The van der Waals surface area contributed by atoms with E-state index < -0.39 is 5.06 Å². The number of nitrogens with zero attached hydrogens (tertiary/aromatic N) is 1. The lowest BCUT2D eigenvalue weighted by atomic mass is 10.1. The van der Waals surface area contributed by atoms with E-state index >= 15 is 0 Å². The molecule has 0 bridgehead atoms. The average Bonchev–Trinajstić information content (AvgIpc) is 3.22. The number of aliphatic hydroxyl groups is 1. The maximum Gasteiger partial charge on any atom is 0.230 e. The molecular weight excluding hydrogens is 326 g/mol. The van der Waals surface area contributed by atoms with Crippen LogP contribution >= 0.6 is 11.6 Å². The van der Waals surface area contributed by atoms with Gasteiger partial charge < -0.3 is 14.4 Å². The van der Waals surface area contributed by atoms with Gasteiger partial charge in [-0.1, -0.05) is 41.9 Å². The molecule has 4 nitrogen and oxygen atoms in total. The Hall–Kier alpha value is -2.56. The minimum Gasteiger partial charge on any atom is -0.461 e. The Labute approximate surface area is 143 Å². The summed E-state index contributed by atoms with van der Waals surface area (Å²) in [6.45, 7) is 0.163. The molecule has 120 valence electrons. The lowest BCUT2D eigenvalue weighted by molar-refractivity contribution is 0.101. The second-order valence-corrected chi connectivity index (χ2v) is 6.31. The van der Waals surface area contributed by atoms with Crippen molar-refractivity contribution in [3.8, 4) is 0 Å². The van der Waals surface area contributed by atoms with Crippen molar-refractivity contribution >= 4 is 28.8 Å². The van der Waals surface area contributed by atoms with E-state index in [1.807, 2.05) is 35.2 Å². The van der Waals surface area contributed by atoms with Crippen LogP contribution in [-0.4, -0.2) is 17.4 Å². The zero-order chi connectivity index (χ0) is 16.7. The minimum atomic E-state index is -1.49. The van der Waals surface area contributed by atoms with Gasteiger partial charge in [-0.15, -0.1) is 0 Å². The van der Waals surface area contributed by atoms with Crippen LogP contribution in [-0.2, 0) is 5.06 Å². The summed E-state index contributed by atoms with van der Waals surface area (Å²) in [5.74, 6) is 0.0640. The van der Waals surface area contributed by atoms with Gasteiger partial charge in [0.1, 0.15) is 0 Å². The molecule has 2 aromatic carbocycles. The Bertz CT molecular complexity index is 902. The second-order valence-electron chi connectivity index (χ2n) is 5.69. The number of rotatable bonds is 3. The molecule has 1 aliphatic heterocycles. The molecule has 5 heteroatoms. The summed E-state index contributed by atoms with van der Waals surface area (Å²) in [5, 5.41) is 9.02. The highest BCUT2D eigenvalue weighted by Gasteiger charge is 2.40. The highest BCUT2D eigenvalue weighted by atomic mass is 35.5. The Balaban J connectivity index is 1.83. The highest BCUT2D eigenvalue weighted by molar-refractivity contribution is 6.24. The fourth-order valence-corrected chi connectivity index (χ4v) is 3.35. The molecule has 1 N–H and O–H groups in total. The molecule has 0 aliphatic carbocycles.